The van der Waals surface area contributed by atoms with E-state index in [0.717, 1.165) is 0 Å². The average molecular weight is 814 g/mol. The Balaban J connectivity index is 0.00000208. The summed E-state index contributed by atoms with van der Waals surface area (Å²) in [5, 5.41) is 0. The molecule has 1 heterocycles. The molecule has 2 aliphatic carbocycles. The predicted molar refractivity (Wildman–Crippen MR) is 188 cm³/mol. The van der Waals surface area contributed by atoms with Crippen LogP contribution in [0, 0.1) is 25.7 Å². The van der Waals surface area contributed by atoms with E-state index in [2.05, 4.69) is 139 Å². The number of fused-ring (bicyclic) bond motifs is 2. The van der Waals surface area contributed by atoms with E-state index in [9.17, 15) is 0 Å². The zero-order valence-electron chi connectivity index (χ0n) is 28.3. The van der Waals surface area contributed by atoms with E-state index >= 15 is 0 Å². The van der Waals surface area contributed by atoms with Gasteiger partial charge in [-0.2, -0.15) is 0 Å². The molecule has 2 unspecified atom stereocenters. The van der Waals surface area contributed by atoms with Crippen molar-refractivity contribution in [3.05, 3.63) is 129 Å². The zero-order chi connectivity index (χ0) is 30.6. The van der Waals surface area contributed by atoms with Crippen molar-refractivity contribution in [1.82, 2.24) is 0 Å². The van der Waals surface area contributed by atoms with E-state index in [4.69, 9.17) is 0 Å². The van der Waals surface area contributed by atoms with E-state index in [1.54, 1.807) is 22.3 Å². The molecule has 46 heavy (non-hydrogen) atoms. The van der Waals surface area contributed by atoms with Crippen molar-refractivity contribution >= 4 is 12.2 Å². The van der Waals surface area contributed by atoms with Crippen molar-refractivity contribution in [3.8, 4) is 22.3 Å². The molecule has 0 N–H and O–H groups in total. The molecule has 1 aliphatic heterocycles. The number of hydrogen-bond donors (Lipinski definition) is 0. The minimum atomic E-state index is -3.08. The van der Waals surface area contributed by atoms with Gasteiger partial charge in [-0.05, 0) is 0 Å². The first-order chi connectivity index (χ1) is 21.2. The monoisotopic (exact) mass is 814 g/mol. The Morgan fingerprint density at radius 1 is 0.565 bits per heavy atom. The second-order valence-corrected chi connectivity index (χ2v) is 31.5. The van der Waals surface area contributed by atoms with Gasteiger partial charge < -0.3 is 24.8 Å². The van der Waals surface area contributed by atoms with Crippen LogP contribution in [0.5, 0.6) is 0 Å². The van der Waals surface area contributed by atoms with Crippen molar-refractivity contribution in [2.24, 2.45) is 11.8 Å². The van der Waals surface area contributed by atoms with Gasteiger partial charge in [-0.15, -0.1) is 0 Å². The zero-order valence-corrected chi connectivity index (χ0v) is 33.4. The van der Waals surface area contributed by atoms with Crippen LogP contribution in [0.4, 0.5) is 0 Å². The minimum absolute atomic E-state index is 0. The minimum Gasteiger partial charge on any atom is -1.00 e. The van der Waals surface area contributed by atoms with Crippen molar-refractivity contribution in [3.63, 3.8) is 0 Å². The third-order valence-corrected chi connectivity index (χ3v) is 33.1. The Bertz CT molecular complexity index is 1630. The van der Waals surface area contributed by atoms with Gasteiger partial charge in [0.25, 0.3) is 0 Å². The molecule has 0 saturated carbocycles. The second kappa shape index (κ2) is 14.1. The van der Waals surface area contributed by atoms with Crippen molar-refractivity contribution in [1.29, 1.82) is 0 Å². The molecule has 238 valence electrons. The molecule has 7 rings (SSSR count). The van der Waals surface area contributed by atoms with Crippen molar-refractivity contribution in [2.75, 3.05) is 0 Å². The first-order valence-electron chi connectivity index (χ1n) is 17.1. The van der Waals surface area contributed by atoms with Crippen LogP contribution in [-0.2, 0) is 20.0 Å². The summed E-state index contributed by atoms with van der Waals surface area (Å²) < 4.78 is 4.42. The van der Waals surface area contributed by atoms with E-state index in [1.807, 2.05) is 0 Å². The van der Waals surface area contributed by atoms with Crippen molar-refractivity contribution in [2.45, 2.75) is 76.5 Å². The van der Waals surface area contributed by atoms with Crippen LogP contribution in [0.2, 0.25) is 8.35 Å². The van der Waals surface area contributed by atoms with Crippen LogP contribution < -0.4 is 24.8 Å². The molecule has 0 spiro atoms. The van der Waals surface area contributed by atoms with Crippen LogP contribution in [0.3, 0.4) is 0 Å². The van der Waals surface area contributed by atoms with Gasteiger partial charge in [0, 0.05) is 0 Å². The van der Waals surface area contributed by atoms with E-state index in [0.29, 0.717) is 19.2 Å². The number of benzene rings is 4. The smallest absolute Gasteiger partial charge is 1.00 e. The predicted octanol–water partition coefficient (Wildman–Crippen LogP) is 6.71. The maximum absolute atomic E-state index is 3.08. The molecule has 4 aromatic rings. The quantitative estimate of drug-likeness (QED) is 0.174. The molecule has 2 atom stereocenters. The van der Waals surface area contributed by atoms with Gasteiger partial charge in [-0.3, -0.25) is 0 Å². The summed E-state index contributed by atoms with van der Waals surface area (Å²) in [6.45, 7) is 14.1. The third-order valence-electron chi connectivity index (χ3n) is 10.8. The number of halogens is 2. The van der Waals surface area contributed by atoms with Gasteiger partial charge in [-0.25, -0.2) is 0 Å². The Labute approximate surface area is 295 Å². The Morgan fingerprint density at radius 3 is 1.28 bits per heavy atom. The Hall–Kier alpha value is -2.19. The maximum Gasteiger partial charge on any atom is -1.00 e. The summed E-state index contributed by atoms with van der Waals surface area (Å²) >= 11 is -3.08. The molecular formula is C43H48Cl2Hf. The standard InChI is InChI=1S/2C20H21.C3H6.2ClH.Hf/c2*1-14(2)11-16-12-18-5-4-6-19(20(18)13-16)17-9-7-15(3)8-10-17;1-3-2;;;/h2*4-10,12-14H,11H2,1-3H3;1-3H2;2*1H;/q;;;;;+2/p-2. The first kappa shape index (κ1) is 35.1. The summed E-state index contributed by atoms with van der Waals surface area (Å²) in [6, 6.07) is 33.0. The molecule has 0 amide bonds. The fourth-order valence-corrected chi connectivity index (χ4v) is 31.4. The topological polar surface area (TPSA) is 0 Å². The summed E-state index contributed by atoms with van der Waals surface area (Å²) in [5.41, 5.74) is 18.2. The molecule has 3 aliphatic rings. The Kier molecular flexibility index (Phi) is 10.8. The Morgan fingerprint density at radius 2 is 0.957 bits per heavy atom. The number of aryl methyl sites for hydroxylation is 2. The number of allylic oxidation sites excluding steroid dienone is 2. The van der Waals surface area contributed by atoms with E-state index in [1.165, 1.54) is 72.1 Å². The fourth-order valence-electron chi connectivity index (χ4n) is 8.88. The van der Waals surface area contributed by atoms with Crippen LogP contribution in [0.15, 0.2) is 96.1 Å². The van der Waals surface area contributed by atoms with E-state index in [-0.39, 0.29) is 24.8 Å². The molecule has 3 heteroatoms. The van der Waals surface area contributed by atoms with Crippen LogP contribution in [0.25, 0.3) is 34.4 Å². The summed E-state index contributed by atoms with van der Waals surface area (Å²) in [4.78, 5) is 0. The molecule has 0 nitrogen and oxygen atoms in total. The molecule has 1 fully saturated rings. The molecule has 4 aromatic carbocycles. The molecule has 1 saturated heterocycles. The number of rotatable bonds is 8. The second-order valence-electron chi connectivity index (χ2n) is 14.9. The third kappa shape index (κ3) is 6.22. The van der Waals surface area contributed by atoms with Gasteiger partial charge in [0.2, 0.25) is 0 Å². The van der Waals surface area contributed by atoms with Gasteiger partial charge in [0.1, 0.15) is 0 Å². The van der Waals surface area contributed by atoms with Gasteiger partial charge in [0.15, 0.2) is 0 Å². The maximum atomic E-state index is 2.68. The molecule has 0 radical (unpaired) electrons. The van der Waals surface area contributed by atoms with Gasteiger partial charge in [-0.1, -0.05) is 0 Å². The summed E-state index contributed by atoms with van der Waals surface area (Å²) in [7, 11) is 0. The van der Waals surface area contributed by atoms with Gasteiger partial charge in [0.05, 0.1) is 0 Å². The fraction of sp³-hybridized carbons (Fsp3) is 0.349. The SMILES string of the molecule is Cc1ccc(-c2cccc3c2C=C(CC(C)C)[CH]3[Hf+2]2([CH]3C(CC(C)C)=Cc4c(-c5ccc(C)cc5)cccc43)[CH2]C[CH2]2)cc1.[Cl-].[Cl-]. The largest absolute Gasteiger partial charge is 1.00 e. The molecule has 0 bridgehead atoms. The van der Waals surface area contributed by atoms with E-state index < -0.39 is 20.0 Å². The van der Waals surface area contributed by atoms with Crippen LogP contribution in [0.1, 0.15) is 87.7 Å². The molecular weight excluding hydrogens is 766 g/mol. The normalized spacial score (nSPS) is 18.3. The summed E-state index contributed by atoms with van der Waals surface area (Å²) in [5.74, 6) is 1.34. The van der Waals surface area contributed by atoms with Crippen molar-refractivity contribution < 1.29 is 44.8 Å². The summed E-state index contributed by atoms with van der Waals surface area (Å²) in [6.07, 6.45) is 9.24. The van der Waals surface area contributed by atoms with Crippen LogP contribution in [-0.4, -0.2) is 0 Å². The number of hydrogen-bond acceptors (Lipinski definition) is 0. The van der Waals surface area contributed by atoms with Gasteiger partial charge >= 0.3 is 272 Å². The first-order valence-corrected chi connectivity index (χ1v) is 26.3. The van der Waals surface area contributed by atoms with Crippen LogP contribution >= 0.6 is 0 Å². The average Bonchev–Trinajstić information content (AvgIpc) is 3.51. The molecule has 0 aromatic heterocycles.